The van der Waals surface area contributed by atoms with E-state index in [9.17, 15) is 8.78 Å². The van der Waals surface area contributed by atoms with Crippen LogP contribution < -0.4 is 0 Å². The van der Waals surface area contributed by atoms with Gasteiger partial charge < -0.3 is 0 Å². The summed E-state index contributed by atoms with van der Waals surface area (Å²) in [4.78, 5) is 0. The van der Waals surface area contributed by atoms with Crippen LogP contribution in [0, 0.1) is 11.6 Å². The molecule has 0 heterocycles. The second kappa shape index (κ2) is 5.03. The van der Waals surface area contributed by atoms with Gasteiger partial charge in [0.1, 0.15) is 11.6 Å². The Kier molecular flexibility index (Phi) is 3.65. The smallest absolute Gasteiger partial charge is 0.131 e. The molecule has 0 saturated heterocycles. The molecule has 0 N–H and O–H groups in total. The molecular weight excluding hydrogens is 265 g/mol. The molecule has 4 heteroatoms. The van der Waals surface area contributed by atoms with Gasteiger partial charge in [-0.2, -0.15) is 0 Å². The van der Waals surface area contributed by atoms with E-state index < -0.39 is 17.0 Å². The Morgan fingerprint density at radius 3 is 2.29 bits per heavy atom. The predicted octanol–water partition coefficient (Wildman–Crippen LogP) is 4.95. The summed E-state index contributed by atoms with van der Waals surface area (Å²) < 4.78 is 26.3. The number of alkyl halides is 1. The summed E-state index contributed by atoms with van der Waals surface area (Å²) >= 11 is 12.1. The summed E-state index contributed by atoms with van der Waals surface area (Å²) in [6.45, 7) is 0. The van der Waals surface area contributed by atoms with Crippen molar-refractivity contribution in [3.63, 3.8) is 0 Å². The predicted molar refractivity (Wildman–Crippen MR) is 65.5 cm³/mol. The van der Waals surface area contributed by atoms with E-state index in [2.05, 4.69) is 0 Å². The number of rotatable bonds is 2. The van der Waals surface area contributed by atoms with E-state index in [1.807, 2.05) is 0 Å². The van der Waals surface area contributed by atoms with Crippen molar-refractivity contribution in [2.24, 2.45) is 0 Å². The highest BCUT2D eigenvalue weighted by atomic mass is 35.5. The zero-order valence-corrected chi connectivity index (χ0v) is 10.1. The third-order valence-corrected chi connectivity index (χ3v) is 3.23. The maximum absolute atomic E-state index is 13.6. The quantitative estimate of drug-likeness (QED) is 0.679. The third kappa shape index (κ3) is 2.59. The molecule has 0 aromatic heterocycles. The summed E-state index contributed by atoms with van der Waals surface area (Å²) in [5.74, 6) is -1.31. The first-order chi connectivity index (χ1) is 8.09. The molecule has 2 aromatic rings. The Morgan fingerprint density at radius 2 is 1.65 bits per heavy atom. The van der Waals surface area contributed by atoms with Crippen LogP contribution in [-0.2, 0) is 0 Å². The lowest BCUT2D eigenvalue weighted by Gasteiger charge is -2.12. The normalized spacial score (nSPS) is 12.5. The van der Waals surface area contributed by atoms with E-state index in [-0.39, 0.29) is 5.56 Å². The summed E-state index contributed by atoms with van der Waals surface area (Å²) in [6, 6.07) is 10.2. The molecule has 0 bridgehead atoms. The van der Waals surface area contributed by atoms with Crippen molar-refractivity contribution in [2.45, 2.75) is 5.38 Å². The van der Waals surface area contributed by atoms with Crippen LogP contribution in [0.5, 0.6) is 0 Å². The Balaban J connectivity index is 2.44. The standard InChI is InChI=1S/C13H8Cl2F2/c14-11-4-2-1-3-9(11)13(15)10-6-5-8(16)7-12(10)17/h1-7,13H. The topological polar surface area (TPSA) is 0 Å². The molecule has 0 fully saturated rings. The fourth-order valence-corrected chi connectivity index (χ4v) is 2.22. The van der Waals surface area contributed by atoms with Gasteiger partial charge in [-0.05, 0) is 17.7 Å². The number of benzene rings is 2. The van der Waals surface area contributed by atoms with Gasteiger partial charge in [-0.25, -0.2) is 8.78 Å². The summed E-state index contributed by atoms with van der Waals surface area (Å²) in [5.41, 5.74) is 0.808. The molecule has 0 aliphatic heterocycles. The third-order valence-electron chi connectivity index (χ3n) is 2.41. The van der Waals surface area contributed by atoms with Crippen molar-refractivity contribution in [3.8, 4) is 0 Å². The van der Waals surface area contributed by atoms with E-state index in [0.717, 1.165) is 6.07 Å². The molecule has 1 unspecified atom stereocenters. The molecule has 0 nitrogen and oxygen atoms in total. The number of hydrogen-bond acceptors (Lipinski definition) is 0. The fourth-order valence-electron chi connectivity index (χ4n) is 1.56. The zero-order valence-electron chi connectivity index (χ0n) is 8.63. The largest absolute Gasteiger partial charge is 0.207 e. The van der Waals surface area contributed by atoms with Crippen LogP contribution in [0.15, 0.2) is 42.5 Å². The van der Waals surface area contributed by atoms with Gasteiger partial charge in [0, 0.05) is 16.7 Å². The lowest BCUT2D eigenvalue weighted by Crippen LogP contribution is -1.98. The van der Waals surface area contributed by atoms with Crippen molar-refractivity contribution in [3.05, 3.63) is 70.2 Å². The maximum Gasteiger partial charge on any atom is 0.131 e. The van der Waals surface area contributed by atoms with Gasteiger partial charge in [-0.1, -0.05) is 35.9 Å². The van der Waals surface area contributed by atoms with E-state index in [1.54, 1.807) is 24.3 Å². The van der Waals surface area contributed by atoms with Crippen molar-refractivity contribution < 1.29 is 8.78 Å². The lowest BCUT2D eigenvalue weighted by atomic mass is 10.0. The monoisotopic (exact) mass is 272 g/mol. The molecule has 17 heavy (non-hydrogen) atoms. The number of halogens is 4. The Morgan fingerprint density at radius 1 is 0.941 bits per heavy atom. The lowest BCUT2D eigenvalue weighted by molar-refractivity contribution is 0.573. The van der Waals surface area contributed by atoms with Crippen molar-refractivity contribution in [1.29, 1.82) is 0 Å². The average Bonchev–Trinajstić information content (AvgIpc) is 2.29. The molecule has 0 aliphatic rings. The Hall–Kier alpha value is -1.12. The molecule has 0 radical (unpaired) electrons. The average molecular weight is 273 g/mol. The Labute approximate surface area is 108 Å². The van der Waals surface area contributed by atoms with Gasteiger partial charge in [0.2, 0.25) is 0 Å². The molecule has 2 rings (SSSR count). The molecule has 2 aromatic carbocycles. The fraction of sp³-hybridized carbons (Fsp3) is 0.0769. The van der Waals surface area contributed by atoms with Crippen LogP contribution in [-0.4, -0.2) is 0 Å². The second-order valence-electron chi connectivity index (χ2n) is 3.55. The molecular formula is C13H8Cl2F2. The second-order valence-corrected chi connectivity index (χ2v) is 4.39. The highest BCUT2D eigenvalue weighted by Crippen LogP contribution is 2.34. The Bertz CT molecular complexity index is 541. The highest BCUT2D eigenvalue weighted by molar-refractivity contribution is 6.33. The van der Waals surface area contributed by atoms with Crippen molar-refractivity contribution >= 4 is 23.2 Å². The van der Waals surface area contributed by atoms with Crippen molar-refractivity contribution in [1.82, 2.24) is 0 Å². The van der Waals surface area contributed by atoms with Gasteiger partial charge >= 0.3 is 0 Å². The highest BCUT2D eigenvalue weighted by Gasteiger charge is 2.17. The minimum Gasteiger partial charge on any atom is -0.207 e. The first-order valence-electron chi connectivity index (χ1n) is 4.93. The molecule has 0 amide bonds. The maximum atomic E-state index is 13.6. The van der Waals surface area contributed by atoms with Crippen molar-refractivity contribution in [2.75, 3.05) is 0 Å². The van der Waals surface area contributed by atoms with Gasteiger partial charge in [-0.15, -0.1) is 11.6 Å². The summed E-state index contributed by atoms with van der Waals surface area (Å²) in [7, 11) is 0. The zero-order chi connectivity index (χ0) is 12.4. The summed E-state index contributed by atoms with van der Waals surface area (Å²) in [5, 5.41) is -0.277. The molecule has 0 spiro atoms. The molecule has 1 atom stereocenters. The molecule has 88 valence electrons. The molecule has 0 saturated carbocycles. The SMILES string of the molecule is Fc1ccc(C(Cl)c2ccccc2Cl)c(F)c1. The van der Waals surface area contributed by atoms with Gasteiger partial charge in [0.05, 0.1) is 5.38 Å². The first kappa shape index (κ1) is 12.3. The van der Waals surface area contributed by atoms with E-state index >= 15 is 0 Å². The van der Waals surface area contributed by atoms with Crippen LogP contribution in [0.25, 0.3) is 0 Å². The number of hydrogen-bond donors (Lipinski definition) is 0. The van der Waals surface area contributed by atoms with Crippen LogP contribution in [0.4, 0.5) is 8.78 Å². The van der Waals surface area contributed by atoms with Gasteiger partial charge in [-0.3, -0.25) is 0 Å². The minimum absolute atomic E-state index is 0.209. The van der Waals surface area contributed by atoms with Crippen LogP contribution in [0.3, 0.4) is 0 Å². The van der Waals surface area contributed by atoms with Crippen LogP contribution in [0.2, 0.25) is 5.02 Å². The minimum atomic E-state index is -0.732. The van der Waals surface area contributed by atoms with Crippen LogP contribution >= 0.6 is 23.2 Å². The van der Waals surface area contributed by atoms with E-state index in [4.69, 9.17) is 23.2 Å². The summed E-state index contributed by atoms with van der Waals surface area (Å²) in [6.07, 6.45) is 0. The molecule has 0 aliphatic carbocycles. The van der Waals surface area contributed by atoms with Gasteiger partial charge in [0.15, 0.2) is 0 Å². The van der Waals surface area contributed by atoms with Gasteiger partial charge in [0.25, 0.3) is 0 Å². The van der Waals surface area contributed by atoms with E-state index in [1.165, 1.54) is 12.1 Å². The first-order valence-corrected chi connectivity index (χ1v) is 5.74. The van der Waals surface area contributed by atoms with E-state index in [0.29, 0.717) is 10.6 Å². The van der Waals surface area contributed by atoms with Crippen LogP contribution in [0.1, 0.15) is 16.5 Å².